The molecule has 120 valence electrons. The van der Waals surface area contributed by atoms with E-state index in [1.165, 1.54) is 18.4 Å². The molecule has 2 aromatic heterocycles. The van der Waals surface area contributed by atoms with E-state index in [1.807, 2.05) is 25.1 Å². The van der Waals surface area contributed by atoms with Gasteiger partial charge in [0.2, 0.25) is 0 Å². The molecule has 0 atom stereocenters. The normalized spacial score (nSPS) is 12.3. The molecule has 24 heavy (non-hydrogen) atoms. The molecule has 0 radical (unpaired) electrons. The minimum Gasteiger partial charge on any atom is -0.504 e. The van der Waals surface area contributed by atoms with E-state index in [1.54, 1.807) is 28.7 Å². The predicted octanol–water partition coefficient (Wildman–Crippen LogP) is 2.48. The second kappa shape index (κ2) is 5.35. The first kappa shape index (κ1) is 14.7. The van der Waals surface area contributed by atoms with E-state index in [9.17, 15) is 9.90 Å². The standard InChI is InChI=1S/C18H14N2O3S/c1-10-4-3-5-12-16(10)19-18-20(12)17(22)15(24-18)9-11-6-7-14(23-2)13(21)8-11/h3-9,21H,1-2H3. The summed E-state index contributed by atoms with van der Waals surface area (Å²) >= 11 is 1.34. The quantitative estimate of drug-likeness (QED) is 0.610. The number of phenols is 1. The van der Waals surface area contributed by atoms with Gasteiger partial charge in [0.15, 0.2) is 16.5 Å². The first-order valence-electron chi connectivity index (χ1n) is 7.38. The van der Waals surface area contributed by atoms with Crippen LogP contribution in [0.2, 0.25) is 0 Å². The summed E-state index contributed by atoms with van der Waals surface area (Å²) in [5, 5.41) is 9.87. The number of hydrogen-bond donors (Lipinski definition) is 1. The van der Waals surface area contributed by atoms with Crippen LogP contribution in [-0.2, 0) is 0 Å². The molecule has 0 spiro atoms. The summed E-state index contributed by atoms with van der Waals surface area (Å²) in [5.41, 5.74) is 3.36. The molecule has 0 aliphatic carbocycles. The van der Waals surface area contributed by atoms with Crippen molar-refractivity contribution in [2.45, 2.75) is 6.92 Å². The molecule has 2 aromatic carbocycles. The second-order valence-corrected chi connectivity index (χ2v) is 6.53. The molecule has 0 aliphatic heterocycles. The Morgan fingerprint density at radius 1 is 1.29 bits per heavy atom. The van der Waals surface area contributed by atoms with Crippen molar-refractivity contribution in [3.63, 3.8) is 0 Å². The number of aromatic nitrogens is 2. The van der Waals surface area contributed by atoms with E-state index in [-0.39, 0.29) is 11.3 Å². The zero-order valence-electron chi connectivity index (χ0n) is 13.1. The highest BCUT2D eigenvalue weighted by Gasteiger charge is 2.12. The molecule has 0 unspecified atom stereocenters. The third-order valence-corrected chi connectivity index (χ3v) is 4.94. The highest BCUT2D eigenvalue weighted by atomic mass is 32.1. The second-order valence-electron chi connectivity index (χ2n) is 5.52. The Bertz CT molecular complexity index is 1190. The van der Waals surface area contributed by atoms with E-state index in [0.29, 0.717) is 15.2 Å². The maximum atomic E-state index is 12.7. The number of aryl methyl sites for hydroxylation is 1. The van der Waals surface area contributed by atoms with Gasteiger partial charge in [-0.1, -0.05) is 29.5 Å². The predicted molar refractivity (Wildman–Crippen MR) is 95.0 cm³/mol. The number of benzene rings is 2. The Kier molecular flexibility index (Phi) is 3.28. The lowest BCUT2D eigenvalue weighted by molar-refractivity contribution is 0.373. The highest BCUT2D eigenvalue weighted by Crippen LogP contribution is 2.26. The third kappa shape index (κ3) is 2.15. The fraction of sp³-hybridized carbons (Fsp3) is 0.111. The summed E-state index contributed by atoms with van der Waals surface area (Å²) in [7, 11) is 1.50. The SMILES string of the molecule is COc1ccc(C=c2sc3nc4c(C)cccc4n3c2=O)cc1O. The number of hydrogen-bond acceptors (Lipinski definition) is 5. The molecule has 0 amide bonds. The average Bonchev–Trinajstić information content (AvgIpc) is 3.06. The van der Waals surface area contributed by atoms with E-state index < -0.39 is 0 Å². The number of thiazole rings is 1. The molecule has 0 saturated carbocycles. The van der Waals surface area contributed by atoms with Crippen molar-refractivity contribution in [3.05, 3.63) is 62.4 Å². The van der Waals surface area contributed by atoms with Crippen LogP contribution >= 0.6 is 11.3 Å². The van der Waals surface area contributed by atoms with E-state index in [4.69, 9.17) is 4.74 Å². The molecular formula is C18H14N2O3S. The van der Waals surface area contributed by atoms with Gasteiger partial charge in [0.1, 0.15) is 0 Å². The van der Waals surface area contributed by atoms with Crippen LogP contribution in [-0.4, -0.2) is 21.6 Å². The van der Waals surface area contributed by atoms with E-state index in [0.717, 1.165) is 22.2 Å². The maximum absolute atomic E-state index is 12.7. The Morgan fingerprint density at radius 2 is 2.12 bits per heavy atom. The summed E-state index contributed by atoms with van der Waals surface area (Å²) in [6.45, 7) is 1.98. The highest BCUT2D eigenvalue weighted by molar-refractivity contribution is 7.15. The molecule has 4 aromatic rings. The van der Waals surface area contributed by atoms with Crippen LogP contribution in [0.5, 0.6) is 11.5 Å². The molecule has 4 rings (SSSR count). The first-order chi connectivity index (χ1) is 11.6. The molecular weight excluding hydrogens is 324 g/mol. The van der Waals surface area contributed by atoms with Crippen molar-refractivity contribution in [2.75, 3.05) is 7.11 Å². The van der Waals surface area contributed by atoms with Gasteiger partial charge in [-0.15, -0.1) is 0 Å². The number of methoxy groups -OCH3 is 1. The van der Waals surface area contributed by atoms with Crippen LogP contribution in [0.15, 0.2) is 41.2 Å². The van der Waals surface area contributed by atoms with Crippen LogP contribution in [0.1, 0.15) is 11.1 Å². The minimum atomic E-state index is -0.0987. The van der Waals surface area contributed by atoms with Gasteiger partial charge in [0.25, 0.3) is 5.56 Å². The Morgan fingerprint density at radius 3 is 2.88 bits per heavy atom. The molecule has 0 bridgehead atoms. The number of phenolic OH excluding ortho intramolecular Hbond substituents is 1. The topological polar surface area (TPSA) is 63.8 Å². The van der Waals surface area contributed by atoms with E-state index in [2.05, 4.69) is 4.98 Å². The lowest BCUT2D eigenvalue weighted by atomic mass is 10.2. The maximum Gasteiger partial charge on any atom is 0.274 e. The van der Waals surface area contributed by atoms with Gasteiger partial charge in [-0.05, 0) is 42.3 Å². The van der Waals surface area contributed by atoms with Gasteiger partial charge in [0.05, 0.1) is 22.7 Å². The fourth-order valence-corrected chi connectivity index (χ4v) is 3.75. The Balaban J connectivity index is 1.95. The average molecular weight is 338 g/mol. The summed E-state index contributed by atoms with van der Waals surface area (Å²) in [5.74, 6) is 0.443. The lowest BCUT2D eigenvalue weighted by Gasteiger charge is -2.02. The largest absolute Gasteiger partial charge is 0.504 e. The first-order valence-corrected chi connectivity index (χ1v) is 8.19. The fourth-order valence-electron chi connectivity index (χ4n) is 2.77. The zero-order valence-corrected chi connectivity index (χ0v) is 13.9. The number of rotatable bonds is 2. The number of imidazole rings is 1. The van der Waals surface area contributed by atoms with Gasteiger partial charge >= 0.3 is 0 Å². The number of para-hydroxylation sites is 1. The number of ether oxygens (including phenoxy) is 1. The van der Waals surface area contributed by atoms with Crippen LogP contribution in [0.3, 0.4) is 0 Å². The molecule has 0 fully saturated rings. The van der Waals surface area contributed by atoms with Gasteiger partial charge in [-0.2, -0.15) is 0 Å². The van der Waals surface area contributed by atoms with E-state index >= 15 is 0 Å². The summed E-state index contributed by atoms with van der Waals surface area (Å²) in [4.78, 5) is 18.0. The minimum absolute atomic E-state index is 0.0427. The lowest BCUT2D eigenvalue weighted by Crippen LogP contribution is -2.22. The monoisotopic (exact) mass is 338 g/mol. The van der Waals surface area contributed by atoms with Crippen LogP contribution < -0.4 is 14.8 Å². The van der Waals surface area contributed by atoms with Crippen molar-refractivity contribution in [1.29, 1.82) is 0 Å². The van der Waals surface area contributed by atoms with Gasteiger partial charge < -0.3 is 9.84 Å². The van der Waals surface area contributed by atoms with Gasteiger partial charge in [0, 0.05) is 0 Å². The van der Waals surface area contributed by atoms with Crippen molar-refractivity contribution >= 4 is 33.4 Å². The smallest absolute Gasteiger partial charge is 0.274 e. The molecule has 6 heteroatoms. The Hall–Kier alpha value is -2.86. The van der Waals surface area contributed by atoms with Crippen molar-refractivity contribution < 1.29 is 9.84 Å². The molecule has 0 aliphatic rings. The van der Waals surface area contributed by atoms with Crippen LogP contribution in [0.4, 0.5) is 0 Å². The number of fused-ring (bicyclic) bond motifs is 3. The third-order valence-electron chi connectivity index (χ3n) is 3.97. The van der Waals surface area contributed by atoms with Gasteiger partial charge in [-0.25, -0.2) is 9.38 Å². The molecule has 2 heterocycles. The van der Waals surface area contributed by atoms with Crippen molar-refractivity contribution in [1.82, 2.24) is 9.38 Å². The summed E-state index contributed by atoms with van der Waals surface area (Å²) in [6.07, 6.45) is 1.75. The van der Waals surface area contributed by atoms with Crippen LogP contribution in [0.25, 0.3) is 22.1 Å². The summed E-state index contributed by atoms with van der Waals surface area (Å²) < 4.78 is 7.25. The van der Waals surface area contributed by atoms with Crippen LogP contribution in [0, 0.1) is 6.92 Å². The van der Waals surface area contributed by atoms with Crippen molar-refractivity contribution in [2.24, 2.45) is 0 Å². The summed E-state index contributed by atoms with van der Waals surface area (Å²) in [6, 6.07) is 10.8. The van der Waals surface area contributed by atoms with Crippen molar-refractivity contribution in [3.8, 4) is 11.5 Å². The number of aromatic hydroxyl groups is 1. The van der Waals surface area contributed by atoms with Gasteiger partial charge in [-0.3, -0.25) is 4.79 Å². The number of nitrogens with zero attached hydrogens (tertiary/aromatic N) is 2. The zero-order chi connectivity index (χ0) is 16.8. The molecule has 5 nitrogen and oxygen atoms in total. The molecule has 0 saturated heterocycles. The molecule has 1 N–H and O–H groups in total. The Labute approximate surface area is 141 Å².